The van der Waals surface area contributed by atoms with Crippen molar-refractivity contribution >= 4 is 11.9 Å². The predicted molar refractivity (Wildman–Crippen MR) is 175 cm³/mol. The number of carbonyl (C=O) groups is 2. The minimum Gasteiger partial charge on any atom is -0.426 e. The van der Waals surface area contributed by atoms with E-state index in [0.717, 1.165) is 44.2 Å². The Labute approximate surface area is 327 Å². The third-order valence-electron chi connectivity index (χ3n) is 10.1. The van der Waals surface area contributed by atoms with Gasteiger partial charge in [-0.3, -0.25) is 4.79 Å². The van der Waals surface area contributed by atoms with Crippen molar-refractivity contribution in [2.24, 2.45) is 5.41 Å². The first-order chi connectivity index (χ1) is 26.7. The second kappa shape index (κ2) is 16.9. The smallest absolute Gasteiger partial charge is 0.426 e. The third kappa shape index (κ3) is 10.4. The first kappa shape index (κ1) is 49.6. The number of alkyl halides is 15. The van der Waals surface area contributed by atoms with Crippen LogP contribution < -0.4 is 9.47 Å². The van der Waals surface area contributed by atoms with Crippen molar-refractivity contribution in [2.45, 2.75) is 133 Å². The van der Waals surface area contributed by atoms with Crippen LogP contribution in [-0.2, 0) is 29.2 Å². The summed E-state index contributed by atoms with van der Waals surface area (Å²) in [5.74, 6) is -1.73. The van der Waals surface area contributed by atoms with Crippen LogP contribution in [0.5, 0.6) is 11.5 Å². The van der Waals surface area contributed by atoms with Crippen LogP contribution in [0.15, 0.2) is 48.5 Å². The zero-order valence-electron chi connectivity index (χ0n) is 31.8. The SMILES string of the molecule is CCC(C)(C)C(=O)Oc1ccc(C2(c3ccc(OC(=O)C(C)(CC)OCC(F)(F)OC(F)(F)C(F)(F)OC(F)(F)C(F)(C(F)(F)F)C(F)(F)F)cc3)CCCCC2)cc1. The summed E-state index contributed by atoms with van der Waals surface area (Å²) < 4.78 is 221. The fourth-order valence-electron chi connectivity index (χ4n) is 5.79. The molecule has 0 aromatic heterocycles. The van der Waals surface area contributed by atoms with E-state index in [4.69, 9.17) is 9.47 Å². The molecule has 2 aromatic carbocycles. The van der Waals surface area contributed by atoms with Gasteiger partial charge in [0.25, 0.3) is 0 Å². The van der Waals surface area contributed by atoms with Crippen LogP contribution in [0.25, 0.3) is 0 Å². The summed E-state index contributed by atoms with van der Waals surface area (Å²) in [6.07, 6.45) is -40.0. The Morgan fingerprint density at radius 1 is 0.559 bits per heavy atom. The molecule has 0 N–H and O–H groups in total. The van der Waals surface area contributed by atoms with Crippen molar-refractivity contribution in [2.75, 3.05) is 6.61 Å². The summed E-state index contributed by atoms with van der Waals surface area (Å²) in [6, 6.07) is 12.9. The zero-order chi connectivity index (χ0) is 45.3. The fourth-order valence-corrected chi connectivity index (χ4v) is 5.79. The van der Waals surface area contributed by atoms with E-state index < -0.39 is 83.9 Å². The molecule has 1 aliphatic carbocycles. The topological polar surface area (TPSA) is 80.3 Å². The standard InChI is InChI=1S/C37H39F15O7/c1-6-28(3,4)26(53)56-24-15-11-22(12-16-24)30(19-9-8-10-20-30)23-13-17-25(18-14-23)57-27(54)29(5,7-2)55-21-31(38,39)58-36(49,50)37(51,52)59-35(47,48)32(40,33(41,42)43)34(44,45)46/h11-18H,6-10,19-21H2,1-5H3. The molecule has 0 heterocycles. The molecule has 334 valence electrons. The average molecular weight is 881 g/mol. The molecule has 0 spiro atoms. The Kier molecular flexibility index (Phi) is 14.2. The van der Waals surface area contributed by atoms with Gasteiger partial charge in [-0.25, -0.2) is 18.7 Å². The molecule has 1 saturated carbocycles. The van der Waals surface area contributed by atoms with E-state index in [1.54, 1.807) is 42.8 Å². The van der Waals surface area contributed by atoms with Crippen molar-refractivity contribution in [3.05, 3.63) is 59.7 Å². The highest BCUT2D eigenvalue weighted by Crippen LogP contribution is 2.57. The summed E-state index contributed by atoms with van der Waals surface area (Å²) in [5, 5.41) is 0. The van der Waals surface area contributed by atoms with Crippen LogP contribution in [-0.4, -0.2) is 66.6 Å². The number of rotatable bonds is 17. The Bertz CT molecular complexity index is 1740. The van der Waals surface area contributed by atoms with E-state index in [1.165, 1.54) is 12.1 Å². The monoisotopic (exact) mass is 880 g/mol. The van der Waals surface area contributed by atoms with Gasteiger partial charge in [0.1, 0.15) is 18.1 Å². The highest BCUT2D eigenvalue weighted by atomic mass is 19.4. The molecule has 7 nitrogen and oxygen atoms in total. The van der Waals surface area contributed by atoms with Gasteiger partial charge in [-0.1, -0.05) is 57.4 Å². The number of hydrogen-bond acceptors (Lipinski definition) is 7. The molecule has 22 heteroatoms. The summed E-state index contributed by atoms with van der Waals surface area (Å²) in [7, 11) is 0. The van der Waals surface area contributed by atoms with Crippen LogP contribution in [0.3, 0.4) is 0 Å². The molecule has 1 fully saturated rings. The summed E-state index contributed by atoms with van der Waals surface area (Å²) in [6.45, 7) is 4.65. The lowest BCUT2D eigenvalue weighted by Crippen LogP contribution is -2.68. The highest BCUT2D eigenvalue weighted by molar-refractivity contribution is 5.81. The average Bonchev–Trinajstić information content (AvgIpc) is 3.12. The van der Waals surface area contributed by atoms with Gasteiger partial charge in [-0.2, -0.15) is 61.5 Å². The van der Waals surface area contributed by atoms with Gasteiger partial charge in [0.05, 0.1) is 5.41 Å². The van der Waals surface area contributed by atoms with Gasteiger partial charge in [-0.15, -0.1) is 0 Å². The lowest BCUT2D eigenvalue weighted by atomic mass is 9.65. The number of halogens is 15. The van der Waals surface area contributed by atoms with Gasteiger partial charge >= 0.3 is 54.4 Å². The molecule has 0 amide bonds. The fraction of sp³-hybridized carbons (Fsp3) is 0.622. The Hall–Kier alpha value is -3.79. The normalized spacial score (nSPS) is 17.3. The summed E-state index contributed by atoms with van der Waals surface area (Å²) in [4.78, 5) is 25.6. The van der Waals surface area contributed by atoms with Crippen molar-refractivity contribution in [3.8, 4) is 11.5 Å². The molecule has 2 aromatic rings. The van der Waals surface area contributed by atoms with E-state index >= 15 is 0 Å². The molecule has 0 aliphatic heterocycles. The van der Waals surface area contributed by atoms with Crippen molar-refractivity contribution < 1.29 is 99.1 Å². The van der Waals surface area contributed by atoms with Crippen molar-refractivity contribution in [3.63, 3.8) is 0 Å². The maximum Gasteiger partial charge on any atom is 0.453 e. The largest absolute Gasteiger partial charge is 0.453 e. The van der Waals surface area contributed by atoms with Crippen LogP contribution in [0.4, 0.5) is 65.9 Å². The predicted octanol–water partition coefficient (Wildman–Crippen LogP) is 11.6. The van der Waals surface area contributed by atoms with Gasteiger partial charge in [0.15, 0.2) is 5.60 Å². The first-order valence-corrected chi connectivity index (χ1v) is 17.7. The Balaban J connectivity index is 1.75. The Morgan fingerprint density at radius 2 is 0.966 bits per heavy atom. The van der Waals surface area contributed by atoms with Gasteiger partial charge in [-0.05, 0) is 81.8 Å². The van der Waals surface area contributed by atoms with E-state index in [1.807, 2.05) is 19.1 Å². The molecule has 1 unspecified atom stereocenters. The van der Waals surface area contributed by atoms with Crippen molar-refractivity contribution in [1.82, 2.24) is 0 Å². The lowest BCUT2D eigenvalue weighted by molar-refractivity contribution is -0.545. The molecular weight excluding hydrogens is 841 g/mol. The molecular formula is C37H39F15O7. The molecule has 1 aliphatic rings. The van der Waals surface area contributed by atoms with Crippen LogP contribution in [0.1, 0.15) is 90.7 Å². The number of benzene rings is 2. The second-order valence-corrected chi connectivity index (χ2v) is 14.6. The lowest BCUT2D eigenvalue weighted by Gasteiger charge is -2.39. The van der Waals surface area contributed by atoms with Crippen molar-refractivity contribution in [1.29, 1.82) is 0 Å². The summed E-state index contributed by atoms with van der Waals surface area (Å²) in [5.41, 5.74) is -10.1. The molecule has 59 heavy (non-hydrogen) atoms. The van der Waals surface area contributed by atoms with Gasteiger partial charge < -0.3 is 14.2 Å². The zero-order valence-corrected chi connectivity index (χ0v) is 31.8. The molecule has 0 saturated heterocycles. The van der Waals surface area contributed by atoms with Gasteiger partial charge in [0.2, 0.25) is 0 Å². The maximum atomic E-state index is 14.4. The number of esters is 2. The van der Waals surface area contributed by atoms with Crippen LogP contribution >= 0.6 is 0 Å². The van der Waals surface area contributed by atoms with Gasteiger partial charge in [0, 0.05) is 5.41 Å². The highest BCUT2D eigenvalue weighted by Gasteiger charge is 2.88. The quantitative estimate of drug-likeness (QED) is 0.0889. The van der Waals surface area contributed by atoms with E-state index in [2.05, 4.69) is 9.47 Å². The molecule has 3 rings (SSSR count). The van der Waals surface area contributed by atoms with Crippen LogP contribution in [0.2, 0.25) is 0 Å². The minimum absolute atomic E-state index is 0.192. The van der Waals surface area contributed by atoms with E-state index in [0.29, 0.717) is 25.0 Å². The number of ether oxygens (including phenoxy) is 5. The first-order valence-electron chi connectivity index (χ1n) is 17.7. The van der Waals surface area contributed by atoms with E-state index in [9.17, 15) is 75.4 Å². The second-order valence-electron chi connectivity index (χ2n) is 14.6. The molecule has 0 radical (unpaired) electrons. The number of hydrogen-bond donors (Lipinski definition) is 0. The minimum atomic E-state index is -8.03. The van der Waals surface area contributed by atoms with E-state index in [-0.39, 0.29) is 5.75 Å². The molecule has 0 bridgehead atoms. The molecule has 1 atom stereocenters. The number of carbonyl (C=O) groups excluding carboxylic acids is 2. The Morgan fingerprint density at radius 3 is 1.36 bits per heavy atom. The van der Waals surface area contributed by atoms with Crippen LogP contribution in [0, 0.1) is 5.41 Å². The maximum absolute atomic E-state index is 14.4. The summed E-state index contributed by atoms with van der Waals surface area (Å²) >= 11 is 0. The third-order valence-corrected chi connectivity index (χ3v) is 10.1.